The van der Waals surface area contributed by atoms with E-state index in [0.717, 1.165) is 9.79 Å². The number of allylic oxidation sites excluding steroid dienone is 2. The average molecular weight is 557 g/mol. The summed E-state index contributed by atoms with van der Waals surface area (Å²) in [5.74, 6) is -7.24. The second-order valence-corrected chi connectivity index (χ2v) is 10.2. The highest BCUT2D eigenvalue weighted by Gasteiger charge is 2.43. The summed E-state index contributed by atoms with van der Waals surface area (Å²) in [6.45, 7) is 0. The molecular weight excluding hydrogens is 528 g/mol. The zero-order valence-corrected chi connectivity index (χ0v) is 23.0. The maximum Gasteiger partial charge on any atom is 0.306 e. The molecule has 2 aromatic rings. The van der Waals surface area contributed by atoms with Crippen LogP contribution < -0.4 is 0 Å². The molecule has 38 heavy (non-hydrogen) atoms. The van der Waals surface area contributed by atoms with Gasteiger partial charge in [-0.1, -0.05) is 24.3 Å². The van der Waals surface area contributed by atoms with Crippen molar-refractivity contribution in [3.05, 3.63) is 82.3 Å². The Morgan fingerprint density at radius 2 is 1.00 bits per heavy atom. The number of esters is 2. The van der Waals surface area contributed by atoms with Crippen LogP contribution in [-0.2, 0) is 28.7 Å². The van der Waals surface area contributed by atoms with Crippen LogP contribution in [0.15, 0.2) is 81.0 Å². The molecule has 2 aromatic carbocycles. The third kappa shape index (κ3) is 6.14. The second-order valence-electron chi connectivity index (χ2n) is 8.39. The van der Waals surface area contributed by atoms with Crippen LogP contribution in [0.1, 0.15) is 35.8 Å². The number of ether oxygens (including phenoxy) is 2. The Bertz CT molecular complexity index is 1190. The van der Waals surface area contributed by atoms with E-state index in [-0.39, 0.29) is 12.8 Å². The highest BCUT2D eigenvalue weighted by molar-refractivity contribution is 7.98. The van der Waals surface area contributed by atoms with E-state index in [2.05, 4.69) is 0 Å². The van der Waals surface area contributed by atoms with E-state index in [1.807, 2.05) is 12.5 Å². The van der Waals surface area contributed by atoms with Gasteiger partial charge in [-0.15, -0.1) is 23.5 Å². The number of thioether (sulfide) groups is 2. The molecule has 0 saturated carbocycles. The molecule has 8 nitrogen and oxygen atoms in total. The Morgan fingerprint density at radius 1 is 0.684 bits per heavy atom. The number of benzene rings is 2. The van der Waals surface area contributed by atoms with E-state index in [1.165, 1.54) is 37.7 Å². The van der Waals surface area contributed by atoms with Crippen LogP contribution in [0.4, 0.5) is 0 Å². The van der Waals surface area contributed by atoms with E-state index in [1.54, 1.807) is 48.5 Å². The summed E-state index contributed by atoms with van der Waals surface area (Å²) in [5.41, 5.74) is 0.137. The Morgan fingerprint density at radius 3 is 1.26 bits per heavy atom. The Balaban J connectivity index is 2.13. The number of hydrogen-bond donors (Lipinski definition) is 2. The molecule has 10 heteroatoms. The molecule has 1 aliphatic rings. The third-order valence-corrected chi connectivity index (χ3v) is 7.85. The van der Waals surface area contributed by atoms with Crippen molar-refractivity contribution in [2.24, 2.45) is 0 Å². The van der Waals surface area contributed by atoms with Crippen molar-refractivity contribution in [1.29, 1.82) is 0 Å². The molecule has 0 heterocycles. The number of aliphatic hydroxyl groups is 2. The summed E-state index contributed by atoms with van der Waals surface area (Å²) in [5, 5.41) is 22.1. The van der Waals surface area contributed by atoms with Gasteiger partial charge in [-0.3, -0.25) is 19.2 Å². The largest absolute Gasteiger partial charge is 0.504 e. The number of ketones is 2. The number of rotatable bonds is 10. The van der Waals surface area contributed by atoms with E-state index in [0.29, 0.717) is 11.1 Å². The van der Waals surface area contributed by atoms with Crippen LogP contribution in [0, 0.1) is 0 Å². The lowest BCUT2D eigenvalue weighted by Gasteiger charge is -2.27. The van der Waals surface area contributed by atoms with Crippen molar-refractivity contribution < 1.29 is 38.9 Å². The van der Waals surface area contributed by atoms with Gasteiger partial charge >= 0.3 is 11.9 Å². The maximum absolute atomic E-state index is 13.5. The van der Waals surface area contributed by atoms with Gasteiger partial charge in [0, 0.05) is 21.6 Å². The van der Waals surface area contributed by atoms with Gasteiger partial charge in [0.1, 0.15) is 0 Å². The van der Waals surface area contributed by atoms with Crippen LogP contribution in [-0.4, -0.2) is 60.4 Å². The third-order valence-electron chi connectivity index (χ3n) is 6.36. The van der Waals surface area contributed by atoms with Gasteiger partial charge in [0.25, 0.3) is 0 Å². The molecule has 200 valence electrons. The average Bonchev–Trinajstić information content (AvgIpc) is 2.95. The van der Waals surface area contributed by atoms with Crippen molar-refractivity contribution in [3.63, 3.8) is 0 Å². The Hall–Kier alpha value is -3.50. The SMILES string of the molecule is COC(=O)C[C@H](C1=C(O)C(=O)C([C@@H](CC(=O)OC)c2ccc(SC)cc2)=C(O)C1=O)c1ccc(SC)cc1. The van der Waals surface area contributed by atoms with Gasteiger partial charge in [-0.2, -0.15) is 0 Å². The zero-order valence-electron chi connectivity index (χ0n) is 21.3. The van der Waals surface area contributed by atoms with Gasteiger partial charge in [0.15, 0.2) is 11.5 Å². The molecule has 0 radical (unpaired) electrons. The minimum atomic E-state index is -1.06. The van der Waals surface area contributed by atoms with Crippen LogP contribution in [0.3, 0.4) is 0 Å². The minimum absolute atomic E-state index is 0.349. The van der Waals surface area contributed by atoms with E-state index < -0.39 is 58.0 Å². The molecular formula is C28H28O8S2. The topological polar surface area (TPSA) is 127 Å². The first-order chi connectivity index (χ1) is 18.2. The van der Waals surface area contributed by atoms with Gasteiger partial charge < -0.3 is 19.7 Å². The lowest BCUT2D eigenvalue weighted by molar-refractivity contribution is -0.142. The molecule has 2 N–H and O–H groups in total. The second kappa shape index (κ2) is 12.8. The standard InChI is InChI=1S/C28H28O8S2/c1-35-21(29)13-19(15-5-9-17(37-3)10-6-15)23-25(31)27(33)24(28(34)26(23)32)20(14-22(30)36-2)16-7-11-18(38-4)12-8-16/h5-12,19-20,31,34H,13-14H2,1-4H3/t19-,20-/m0/s1. The monoisotopic (exact) mass is 556 g/mol. The maximum atomic E-state index is 13.5. The van der Waals surface area contributed by atoms with E-state index in [4.69, 9.17) is 9.47 Å². The molecule has 0 amide bonds. The molecule has 3 rings (SSSR count). The van der Waals surface area contributed by atoms with Crippen molar-refractivity contribution in [3.8, 4) is 0 Å². The molecule has 1 aliphatic carbocycles. The number of carbonyl (C=O) groups is 4. The fourth-order valence-corrected chi connectivity index (χ4v) is 5.12. The Kier molecular flexibility index (Phi) is 9.82. The van der Waals surface area contributed by atoms with Crippen LogP contribution in [0.5, 0.6) is 0 Å². The summed E-state index contributed by atoms with van der Waals surface area (Å²) in [7, 11) is 2.38. The molecule has 0 fully saturated rings. The fourth-order valence-electron chi connectivity index (χ4n) is 4.31. The first-order valence-corrected chi connectivity index (χ1v) is 14.0. The van der Waals surface area contributed by atoms with Gasteiger partial charge in [-0.05, 0) is 47.9 Å². The zero-order chi connectivity index (χ0) is 28.0. The number of hydrogen-bond acceptors (Lipinski definition) is 10. The highest BCUT2D eigenvalue weighted by atomic mass is 32.2. The van der Waals surface area contributed by atoms with Crippen LogP contribution in [0.2, 0.25) is 0 Å². The summed E-state index contributed by atoms with van der Waals surface area (Å²) in [4.78, 5) is 53.4. The lowest BCUT2D eigenvalue weighted by Crippen LogP contribution is -2.31. The van der Waals surface area contributed by atoms with Crippen molar-refractivity contribution in [2.75, 3.05) is 26.7 Å². The van der Waals surface area contributed by atoms with E-state index in [9.17, 15) is 29.4 Å². The number of carbonyl (C=O) groups excluding carboxylic acids is 4. The molecule has 2 atom stereocenters. The minimum Gasteiger partial charge on any atom is -0.504 e. The van der Waals surface area contributed by atoms with E-state index >= 15 is 0 Å². The summed E-state index contributed by atoms with van der Waals surface area (Å²) in [6.07, 6.45) is 3.08. The Labute approximate surface area is 229 Å². The predicted molar refractivity (Wildman–Crippen MR) is 145 cm³/mol. The molecule has 0 unspecified atom stereocenters. The number of Topliss-reactive ketones (excluding diaryl/α,β-unsaturated/α-hetero) is 2. The molecule has 0 aromatic heterocycles. The quantitative estimate of drug-likeness (QED) is 0.237. The number of methoxy groups -OCH3 is 2. The molecule has 0 saturated heterocycles. The first-order valence-electron chi connectivity index (χ1n) is 11.5. The predicted octanol–water partition coefficient (Wildman–Crippen LogP) is 4.90. The van der Waals surface area contributed by atoms with Gasteiger partial charge in [0.05, 0.1) is 38.2 Å². The summed E-state index contributed by atoms with van der Waals surface area (Å²) in [6, 6.07) is 13.8. The highest BCUT2D eigenvalue weighted by Crippen LogP contribution is 2.41. The van der Waals surface area contributed by atoms with Gasteiger partial charge in [0.2, 0.25) is 11.6 Å². The molecule has 0 aliphatic heterocycles. The molecule has 0 spiro atoms. The lowest BCUT2D eigenvalue weighted by atomic mass is 9.76. The van der Waals surface area contributed by atoms with Crippen LogP contribution >= 0.6 is 23.5 Å². The summed E-state index contributed by atoms with van der Waals surface area (Å²) < 4.78 is 9.57. The fraction of sp³-hybridized carbons (Fsp3) is 0.286. The van der Waals surface area contributed by atoms with Crippen LogP contribution in [0.25, 0.3) is 0 Å². The smallest absolute Gasteiger partial charge is 0.306 e. The van der Waals surface area contributed by atoms with Crippen molar-refractivity contribution in [2.45, 2.75) is 34.5 Å². The summed E-state index contributed by atoms with van der Waals surface area (Å²) >= 11 is 2.99. The first kappa shape index (κ1) is 29.1. The van der Waals surface area contributed by atoms with Gasteiger partial charge in [-0.25, -0.2) is 0 Å². The van der Waals surface area contributed by atoms with Crippen molar-refractivity contribution >= 4 is 47.0 Å². The van der Waals surface area contributed by atoms with Crippen molar-refractivity contribution in [1.82, 2.24) is 0 Å². The normalized spacial score (nSPS) is 15.4. The number of aliphatic hydroxyl groups excluding tert-OH is 2. The molecule has 0 bridgehead atoms.